The van der Waals surface area contributed by atoms with Crippen LogP contribution in [-0.4, -0.2) is 32.1 Å². The number of halogens is 2. The molecule has 0 amide bonds. The highest BCUT2D eigenvalue weighted by Crippen LogP contribution is 2.25. The summed E-state index contributed by atoms with van der Waals surface area (Å²) >= 11 is 6.59. The van der Waals surface area contributed by atoms with Gasteiger partial charge in [-0.2, -0.15) is 0 Å². The van der Waals surface area contributed by atoms with Gasteiger partial charge in [0.05, 0.1) is 5.56 Å². The van der Waals surface area contributed by atoms with Crippen molar-refractivity contribution in [2.75, 3.05) is 0 Å². The molecule has 0 fully saturated rings. The number of ketones is 1. The molecule has 0 atom stereocenters. The Bertz CT molecular complexity index is 1280. The number of oxime groups is 1. The van der Waals surface area contributed by atoms with Gasteiger partial charge in [0.25, 0.3) is 0 Å². The van der Waals surface area contributed by atoms with Gasteiger partial charge in [0.1, 0.15) is 17.2 Å². The molecule has 0 aliphatic heterocycles. The number of nitrogens with zero attached hydrogens (tertiary/aromatic N) is 1. The van der Waals surface area contributed by atoms with Crippen molar-refractivity contribution in [2.24, 2.45) is 11.1 Å². The lowest BCUT2D eigenvalue weighted by Crippen LogP contribution is -2.03. The van der Waals surface area contributed by atoms with Crippen molar-refractivity contribution in [1.82, 2.24) is 0 Å². The summed E-state index contributed by atoms with van der Waals surface area (Å²) in [5, 5.41) is 38.3. The van der Waals surface area contributed by atoms with E-state index in [4.69, 9.17) is 10.4 Å². The number of phenols is 2. The highest BCUT2D eigenvalue weighted by Gasteiger charge is 2.13. The van der Waals surface area contributed by atoms with Crippen molar-refractivity contribution in [3.05, 3.63) is 128 Å². The van der Waals surface area contributed by atoms with Crippen molar-refractivity contribution in [2.45, 2.75) is 0 Å². The predicted octanol–water partition coefficient (Wildman–Crippen LogP) is 6.10. The summed E-state index contributed by atoms with van der Waals surface area (Å²) in [6.45, 7) is 0. The second-order valence-corrected chi connectivity index (χ2v) is 8.66. The summed E-state index contributed by atoms with van der Waals surface area (Å²) in [7, 11) is 0. The van der Waals surface area contributed by atoms with Crippen molar-refractivity contribution in [3.63, 3.8) is 0 Å². The van der Waals surface area contributed by atoms with E-state index in [1.165, 1.54) is 6.07 Å². The number of hydrogen-bond acceptors (Lipinski definition) is 7. The van der Waals surface area contributed by atoms with Crippen LogP contribution in [0.25, 0.3) is 0 Å². The van der Waals surface area contributed by atoms with E-state index in [1.807, 2.05) is 36.4 Å². The topological polar surface area (TPSA) is 136 Å². The number of rotatable bonds is 4. The standard InChI is InChI=1S/C13H10BrNO2.C13H9BrO2.H3NO/c14-10-6-7-12(16)11(8-10)13(15-17)9-4-2-1-3-5-9;14-10-6-7-12(15)11(8-10)13(16)9-4-2-1-3-5-9;1-2/h1-8,16-17H;1-8,15H;2H,1H2/b15-13+;;. The van der Waals surface area contributed by atoms with Crippen molar-refractivity contribution < 1.29 is 25.4 Å². The minimum atomic E-state index is -0.181. The van der Waals surface area contributed by atoms with Gasteiger partial charge in [-0.1, -0.05) is 97.7 Å². The third kappa shape index (κ3) is 7.76. The summed E-state index contributed by atoms with van der Waals surface area (Å²) in [6, 6.07) is 27.9. The summed E-state index contributed by atoms with van der Waals surface area (Å²) < 4.78 is 1.58. The lowest BCUT2D eigenvalue weighted by molar-refractivity contribution is 0.103. The van der Waals surface area contributed by atoms with Crippen LogP contribution in [0, 0.1) is 0 Å². The van der Waals surface area contributed by atoms with Gasteiger partial charge in [-0.3, -0.25) is 4.79 Å². The maximum absolute atomic E-state index is 12.0. The Kier molecular flexibility index (Phi) is 11.1. The molecule has 0 aliphatic rings. The van der Waals surface area contributed by atoms with Crippen molar-refractivity contribution in [1.29, 1.82) is 0 Å². The molecule has 6 N–H and O–H groups in total. The van der Waals surface area contributed by atoms with Crippen LogP contribution in [0.15, 0.2) is 111 Å². The number of carbonyl (C=O) groups excluding carboxylic acids is 1. The van der Waals surface area contributed by atoms with Crippen LogP contribution in [-0.2, 0) is 0 Å². The summed E-state index contributed by atoms with van der Waals surface area (Å²) in [5.41, 5.74) is 2.43. The molecule has 0 aliphatic carbocycles. The van der Waals surface area contributed by atoms with Gasteiger partial charge in [-0.25, -0.2) is 5.90 Å². The van der Waals surface area contributed by atoms with Crippen LogP contribution in [0.5, 0.6) is 11.5 Å². The lowest BCUT2D eigenvalue weighted by atomic mass is 10.0. The molecule has 0 bridgehead atoms. The largest absolute Gasteiger partial charge is 0.507 e. The maximum atomic E-state index is 12.0. The average Bonchev–Trinajstić information content (AvgIpc) is 2.90. The number of carbonyl (C=O) groups is 1. The van der Waals surface area contributed by atoms with Gasteiger partial charge in [-0.15, -0.1) is 0 Å². The smallest absolute Gasteiger partial charge is 0.196 e. The molecule has 7 nitrogen and oxygen atoms in total. The van der Waals surface area contributed by atoms with E-state index in [-0.39, 0.29) is 17.3 Å². The number of phenolic OH excluding ortho intramolecular Hbond substituents is 2. The number of hydrogen-bond donors (Lipinski definition) is 5. The van der Waals surface area contributed by atoms with Crippen LogP contribution >= 0.6 is 31.9 Å². The number of benzene rings is 4. The third-order valence-corrected chi connectivity index (χ3v) is 5.59. The molecule has 4 aromatic carbocycles. The quantitative estimate of drug-likeness (QED) is 0.0829. The lowest BCUT2D eigenvalue weighted by Gasteiger charge is -2.07. The van der Waals surface area contributed by atoms with Gasteiger partial charge in [0, 0.05) is 25.6 Å². The van der Waals surface area contributed by atoms with Gasteiger partial charge >= 0.3 is 0 Å². The molecule has 0 unspecified atom stereocenters. The second-order valence-electron chi connectivity index (χ2n) is 6.83. The first-order valence-electron chi connectivity index (χ1n) is 10.0. The third-order valence-electron chi connectivity index (χ3n) is 4.60. The SMILES string of the molecule is NO.O/N=C(\c1ccccc1)c1cc(Br)ccc1O.O=C(c1ccccc1)c1cc(Br)ccc1O. The Morgan fingerprint density at radius 1 is 0.657 bits per heavy atom. The Labute approximate surface area is 219 Å². The Balaban J connectivity index is 0.000000231. The minimum absolute atomic E-state index is 0.00273. The van der Waals surface area contributed by atoms with E-state index in [2.05, 4.69) is 42.9 Å². The van der Waals surface area contributed by atoms with E-state index in [0.717, 1.165) is 14.5 Å². The Morgan fingerprint density at radius 3 is 1.57 bits per heavy atom. The van der Waals surface area contributed by atoms with Gasteiger partial charge in [0.15, 0.2) is 5.78 Å². The van der Waals surface area contributed by atoms with Crippen LogP contribution < -0.4 is 5.90 Å². The number of nitrogens with two attached hydrogens (primary N) is 1. The van der Waals surface area contributed by atoms with Gasteiger partial charge in [-0.05, 0) is 36.4 Å². The van der Waals surface area contributed by atoms with E-state index in [1.54, 1.807) is 54.6 Å². The normalized spacial score (nSPS) is 10.3. The van der Waals surface area contributed by atoms with Crippen molar-refractivity contribution in [3.8, 4) is 11.5 Å². The van der Waals surface area contributed by atoms with E-state index in [9.17, 15) is 15.0 Å². The van der Waals surface area contributed by atoms with Gasteiger partial charge in [0.2, 0.25) is 0 Å². The molecule has 0 saturated carbocycles. The highest BCUT2D eigenvalue weighted by molar-refractivity contribution is 9.10. The Hall–Kier alpha value is -3.50. The molecule has 0 radical (unpaired) electrons. The zero-order valence-corrected chi connectivity index (χ0v) is 21.4. The molecule has 0 saturated heterocycles. The van der Waals surface area contributed by atoms with E-state index in [0.29, 0.717) is 22.4 Å². The molecule has 4 rings (SSSR count). The molecule has 0 heterocycles. The molecule has 0 aromatic heterocycles. The van der Waals surface area contributed by atoms with E-state index < -0.39 is 0 Å². The molecule has 0 spiro atoms. The fraction of sp³-hybridized carbons (Fsp3) is 0. The molecular formula is C26H22Br2N2O5. The minimum Gasteiger partial charge on any atom is -0.507 e. The van der Waals surface area contributed by atoms with Crippen LogP contribution in [0.4, 0.5) is 0 Å². The van der Waals surface area contributed by atoms with Crippen molar-refractivity contribution >= 4 is 43.4 Å². The average molecular weight is 602 g/mol. The monoisotopic (exact) mass is 600 g/mol. The van der Waals surface area contributed by atoms with Crippen LogP contribution in [0.2, 0.25) is 0 Å². The zero-order chi connectivity index (χ0) is 25.8. The summed E-state index contributed by atoms with van der Waals surface area (Å²) in [5.74, 6) is 3.39. The fourth-order valence-corrected chi connectivity index (χ4v) is 3.72. The molecule has 4 aromatic rings. The maximum Gasteiger partial charge on any atom is 0.196 e. The summed E-state index contributed by atoms with van der Waals surface area (Å²) in [4.78, 5) is 12.0. The molecule has 35 heavy (non-hydrogen) atoms. The molecular weight excluding hydrogens is 580 g/mol. The summed E-state index contributed by atoms with van der Waals surface area (Å²) in [6.07, 6.45) is 0. The highest BCUT2D eigenvalue weighted by atomic mass is 79.9. The fourth-order valence-electron chi connectivity index (χ4n) is 3.00. The van der Waals surface area contributed by atoms with Gasteiger partial charge < -0.3 is 20.6 Å². The molecule has 9 heteroatoms. The first kappa shape index (κ1) is 27.7. The predicted molar refractivity (Wildman–Crippen MR) is 141 cm³/mol. The zero-order valence-electron chi connectivity index (χ0n) is 18.2. The molecule has 180 valence electrons. The van der Waals surface area contributed by atoms with E-state index >= 15 is 0 Å². The van der Waals surface area contributed by atoms with Crippen LogP contribution in [0.3, 0.4) is 0 Å². The number of aromatic hydroxyl groups is 2. The second kappa shape index (κ2) is 14.0. The first-order valence-corrected chi connectivity index (χ1v) is 11.6. The first-order chi connectivity index (χ1) is 16.9. The Morgan fingerprint density at radius 2 is 1.09 bits per heavy atom. The van der Waals surface area contributed by atoms with Crippen LogP contribution in [0.1, 0.15) is 27.0 Å².